The number of nitrogens with one attached hydrogen (secondary N) is 1. The Bertz CT molecular complexity index is 710. The standard InChI is InChI=1S/C14H19N3O3S/c1-4-13(12-7-5-6-8-14(12)20-3)16-21(18,19)11-9-15-17(2)10-11/h5-10,13,16H,4H2,1-3H3. The summed E-state index contributed by atoms with van der Waals surface area (Å²) in [7, 11) is -0.365. The van der Waals surface area contributed by atoms with Crippen molar-refractivity contribution < 1.29 is 13.2 Å². The Balaban J connectivity index is 2.31. The first-order valence-electron chi connectivity index (χ1n) is 6.61. The summed E-state index contributed by atoms with van der Waals surface area (Å²) in [6.07, 6.45) is 3.41. The zero-order chi connectivity index (χ0) is 15.5. The molecule has 2 aromatic rings. The third-order valence-electron chi connectivity index (χ3n) is 3.21. The molecule has 7 heteroatoms. The summed E-state index contributed by atoms with van der Waals surface area (Å²) in [4.78, 5) is 0.151. The van der Waals surface area contributed by atoms with Gasteiger partial charge in [-0.1, -0.05) is 25.1 Å². The molecule has 0 spiro atoms. The Morgan fingerprint density at radius 3 is 2.67 bits per heavy atom. The largest absolute Gasteiger partial charge is 0.496 e. The van der Waals surface area contributed by atoms with Gasteiger partial charge in [0.05, 0.1) is 19.3 Å². The highest BCUT2D eigenvalue weighted by molar-refractivity contribution is 7.89. The Kier molecular flexibility index (Phi) is 4.64. The van der Waals surface area contributed by atoms with Crippen LogP contribution in [0.4, 0.5) is 0 Å². The summed E-state index contributed by atoms with van der Waals surface area (Å²) in [5, 5.41) is 3.90. The van der Waals surface area contributed by atoms with Crippen molar-refractivity contribution in [1.29, 1.82) is 0 Å². The van der Waals surface area contributed by atoms with Gasteiger partial charge in [-0.3, -0.25) is 4.68 Å². The monoisotopic (exact) mass is 309 g/mol. The molecule has 1 aromatic carbocycles. The molecule has 6 nitrogen and oxygen atoms in total. The van der Waals surface area contributed by atoms with Crippen LogP contribution in [0.25, 0.3) is 0 Å². The number of hydrogen-bond acceptors (Lipinski definition) is 4. The third kappa shape index (κ3) is 3.43. The van der Waals surface area contributed by atoms with Crippen LogP contribution < -0.4 is 9.46 Å². The second-order valence-electron chi connectivity index (χ2n) is 4.67. The van der Waals surface area contributed by atoms with Crippen LogP contribution in [0.5, 0.6) is 5.75 Å². The van der Waals surface area contributed by atoms with Gasteiger partial charge >= 0.3 is 0 Å². The molecule has 1 heterocycles. The van der Waals surface area contributed by atoms with Gasteiger partial charge in [-0.25, -0.2) is 13.1 Å². The number of ether oxygens (including phenoxy) is 1. The molecule has 114 valence electrons. The molecule has 1 unspecified atom stereocenters. The number of hydrogen-bond donors (Lipinski definition) is 1. The van der Waals surface area contributed by atoms with E-state index in [0.29, 0.717) is 12.2 Å². The van der Waals surface area contributed by atoms with Crippen LogP contribution in [0.15, 0.2) is 41.6 Å². The van der Waals surface area contributed by atoms with E-state index in [0.717, 1.165) is 5.56 Å². The minimum Gasteiger partial charge on any atom is -0.496 e. The lowest BCUT2D eigenvalue weighted by molar-refractivity contribution is 0.402. The van der Waals surface area contributed by atoms with Crippen LogP contribution in [0, 0.1) is 0 Å². The number of methoxy groups -OCH3 is 1. The number of para-hydroxylation sites is 1. The Hall–Kier alpha value is -1.86. The average molecular weight is 309 g/mol. The lowest BCUT2D eigenvalue weighted by atomic mass is 10.0. The topological polar surface area (TPSA) is 73.2 Å². The van der Waals surface area contributed by atoms with Crippen molar-refractivity contribution in [1.82, 2.24) is 14.5 Å². The zero-order valence-corrected chi connectivity index (χ0v) is 13.1. The zero-order valence-electron chi connectivity index (χ0n) is 12.3. The number of benzene rings is 1. The maximum atomic E-state index is 12.4. The predicted octanol–water partition coefficient (Wildman–Crippen LogP) is 1.86. The fourth-order valence-electron chi connectivity index (χ4n) is 2.11. The van der Waals surface area contributed by atoms with Gasteiger partial charge < -0.3 is 4.74 Å². The summed E-state index contributed by atoms with van der Waals surface area (Å²) in [5.41, 5.74) is 0.815. The Morgan fingerprint density at radius 1 is 1.38 bits per heavy atom. The van der Waals surface area contributed by atoms with Gasteiger partial charge in [0.2, 0.25) is 10.0 Å². The van der Waals surface area contributed by atoms with Crippen molar-refractivity contribution >= 4 is 10.0 Å². The smallest absolute Gasteiger partial charge is 0.244 e. The molecule has 0 bridgehead atoms. The van der Waals surface area contributed by atoms with Crippen LogP contribution in [0.2, 0.25) is 0 Å². The van der Waals surface area contributed by atoms with E-state index in [4.69, 9.17) is 4.74 Å². The number of nitrogens with zero attached hydrogens (tertiary/aromatic N) is 2. The molecule has 0 aliphatic rings. The molecular formula is C14H19N3O3S. The van der Waals surface area contributed by atoms with E-state index in [-0.39, 0.29) is 10.9 Å². The van der Waals surface area contributed by atoms with E-state index in [1.807, 2.05) is 31.2 Å². The minimum atomic E-state index is -3.61. The normalized spacial score (nSPS) is 13.1. The van der Waals surface area contributed by atoms with Gasteiger partial charge in [0.1, 0.15) is 10.6 Å². The second kappa shape index (κ2) is 6.28. The number of sulfonamides is 1. The van der Waals surface area contributed by atoms with E-state index < -0.39 is 10.0 Å². The van der Waals surface area contributed by atoms with Gasteiger partial charge in [0, 0.05) is 18.8 Å². The maximum absolute atomic E-state index is 12.4. The molecule has 21 heavy (non-hydrogen) atoms. The molecule has 0 amide bonds. The van der Waals surface area contributed by atoms with Crippen LogP contribution in [-0.4, -0.2) is 25.3 Å². The van der Waals surface area contributed by atoms with Gasteiger partial charge in [0.15, 0.2) is 0 Å². The van der Waals surface area contributed by atoms with Crippen LogP contribution >= 0.6 is 0 Å². The van der Waals surface area contributed by atoms with E-state index in [9.17, 15) is 8.42 Å². The summed E-state index contributed by atoms with van der Waals surface area (Å²) in [6.45, 7) is 1.92. The molecule has 1 N–H and O–H groups in total. The molecule has 0 saturated carbocycles. The molecular weight excluding hydrogens is 290 g/mol. The van der Waals surface area contributed by atoms with Crippen molar-refractivity contribution in [3.63, 3.8) is 0 Å². The van der Waals surface area contributed by atoms with Crippen LogP contribution in [0.3, 0.4) is 0 Å². The Morgan fingerprint density at radius 2 is 2.10 bits per heavy atom. The summed E-state index contributed by atoms with van der Waals surface area (Å²) < 4.78 is 34.2. The minimum absolute atomic E-state index is 0.151. The quantitative estimate of drug-likeness (QED) is 0.884. The number of aromatic nitrogens is 2. The highest BCUT2D eigenvalue weighted by atomic mass is 32.2. The van der Waals surface area contributed by atoms with Gasteiger partial charge in [-0.2, -0.15) is 5.10 Å². The van der Waals surface area contributed by atoms with Crippen molar-refractivity contribution in [2.75, 3.05) is 7.11 Å². The molecule has 1 aromatic heterocycles. The summed E-state index contributed by atoms with van der Waals surface area (Å²) in [5.74, 6) is 0.665. The fraction of sp³-hybridized carbons (Fsp3) is 0.357. The molecule has 0 aliphatic heterocycles. The molecule has 0 saturated heterocycles. The lowest BCUT2D eigenvalue weighted by Gasteiger charge is -2.19. The first-order chi connectivity index (χ1) is 9.97. The first-order valence-corrected chi connectivity index (χ1v) is 8.10. The van der Waals surface area contributed by atoms with Crippen molar-refractivity contribution in [3.8, 4) is 5.75 Å². The molecule has 0 radical (unpaired) electrons. The third-order valence-corrected chi connectivity index (χ3v) is 4.64. The maximum Gasteiger partial charge on any atom is 0.244 e. The van der Waals surface area contributed by atoms with Crippen LogP contribution in [-0.2, 0) is 17.1 Å². The van der Waals surface area contributed by atoms with Crippen molar-refractivity contribution in [3.05, 3.63) is 42.2 Å². The fourth-order valence-corrected chi connectivity index (χ4v) is 3.40. The number of aryl methyl sites for hydroxylation is 1. The van der Waals surface area contributed by atoms with Gasteiger partial charge in [-0.15, -0.1) is 0 Å². The van der Waals surface area contributed by atoms with E-state index in [2.05, 4.69) is 9.82 Å². The summed E-state index contributed by atoms with van der Waals surface area (Å²) >= 11 is 0. The van der Waals surface area contributed by atoms with E-state index in [1.54, 1.807) is 14.2 Å². The first kappa shape index (κ1) is 15.5. The molecule has 0 fully saturated rings. The second-order valence-corrected chi connectivity index (χ2v) is 6.39. The molecule has 2 rings (SSSR count). The van der Waals surface area contributed by atoms with Gasteiger partial charge in [0.25, 0.3) is 0 Å². The van der Waals surface area contributed by atoms with E-state index >= 15 is 0 Å². The van der Waals surface area contributed by atoms with Gasteiger partial charge in [-0.05, 0) is 12.5 Å². The molecule has 0 aliphatic carbocycles. The van der Waals surface area contributed by atoms with E-state index in [1.165, 1.54) is 17.1 Å². The van der Waals surface area contributed by atoms with Crippen molar-refractivity contribution in [2.24, 2.45) is 7.05 Å². The number of rotatable bonds is 6. The van der Waals surface area contributed by atoms with Crippen molar-refractivity contribution in [2.45, 2.75) is 24.3 Å². The Labute approximate surface area is 124 Å². The highest BCUT2D eigenvalue weighted by Crippen LogP contribution is 2.28. The SMILES string of the molecule is CCC(NS(=O)(=O)c1cnn(C)c1)c1ccccc1OC. The molecule has 1 atom stereocenters. The average Bonchev–Trinajstić information content (AvgIpc) is 2.92. The lowest BCUT2D eigenvalue weighted by Crippen LogP contribution is -2.28. The highest BCUT2D eigenvalue weighted by Gasteiger charge is 2.23. The predicted molar refractivity (Wildman–Crippen MR) is 79.6 cm³/mol. The van der Waals surface area contributed by atoms with Crippen LogP contribution in [0.1, 0.15) is 24.9 Å². The summed E-state index contributed by atoms with van der Waals surface area (Å²) in [6, 6.07) is 7.03.